The molecule has 14 heteroatoms. The van der Waals surface area contributed by atoms with Crippen LogP contribution in [-0.2, 0) is 16.1 Å². The summed E-state index contributed by atoms with van der Waals surface area (Å²) >= 11 is 1.73. The monoisotopic (exact) mass is 789 g/mol. The second kappa shape index (κ2) is 17.5. The van der Waals surface area contributed by atoms with Crippen LogP contribution < -0.4 is 30.7 Å². The number of thiophene rings is 1. The Morgan fingerprint density at radius 2 is 1.63 bits per heavy atom. The first-order valence-electron chi connectivity index (χ1n) is 19.3. The molecule has 0 radical (unpaired) electrons. The normalized spacial score (nSPS) is 15.8. The molecule has 3 aromatic carbocycles. The summed E-state index contributed by atoms with van der Waals surface area (Å²) in [6, 6.07) is 18.7. The lowest BCUT2D eigenvalue weighted by Gasteiger charge is -2.27. The number of unbranched alkanes of at least 4 members (excludes halogenated alkanes) is 3. The van der Waals surface area contributed by atoms with Crippen LogP contribution in [-0.4, -0.2) is 71.8 Å². The van der Waals surface area contributed by atoms with E-state index in [2.05, 4.69) is 68.9 Å². The van der Waals surface area contributed by atoms with Crippen molar-refractivity contribution in [2.24, 2.45) is 0 Å². The van der Waals surface area contributed by atoms with Crippen molar-refractivity contribution in [3.8, 4) is 22.6 Å². The van der Waals surface area contributed by atoms with Gasteiger partial charge in [0.2, 0.25) is 11.8 Å². The number of amides is 4. The Morgan fingerprint density at radius 1 is 0.877 bits per heavy atom. The zero-order valence-electron chi connectivity index (χ0n) is 32.6. The van der Waals surface area contributed by atoms with E-state index in [4.69, 9.17) is 14.5 Å². The number of hydrogen-bond donors (Lipinski definition) is 4. The minimum Gasteiger partial charge on any atom is -0.493 e. The number of aromatic nitrogens is 2. The average molecular weight is 790 g/mol. The molecule has 296 valence electrons. The van der Waals surface area contributed by atoms with Gasteiger partial charge in [0.1, 0.15) is 17.7 Å². The number of aryl methyl sites for hydroxylation is 1. The van der Waals surface area contributed by atoms with Gasteiger partial charge < -0.3 is 25.4 Å². The number of methoxy groups -OCH3 is 2. The topological polar surface area (TPSA) is 164 Å². The van der Waals surface area contributed by atoms with E-state index in [0.717, 1.165) is 72.6 Å². The zero-order chi connectivity index (χ0) is 40.1. The summed E-state index contributed by atoms with van der Waals surface area (Å²) in [5.41, 5.74) is 5.75. The van der Waals surface area contributed by atoms with E-state index in [1.165, 1.54) is 21.6 Å². The highest BCUT2D eigenvalue weighted by Gasteiger charge is 2.44. The molecule has 13 nitrogen and oxygen atoms in total. The molecule has 2 aliphatic heterocycles. The highest BCUT2D eigenvalue weighted by atomic mass is 32.1. The van der Waals surface area contributed by atoms with E-state index in [9.17, 15) is 19.2 Å². The summed E-state index contributed by atoms with van der Waals surface area (Å²) < 4.78 is 11.0. The lowest BCUT2D eigenvalue weighted by atomic mass is 10.0. The van der Waals surface area contributed by atoms with E-state index in [1.54, 1.807) is 43.8 Å². The van der Waals surface area contributed by atoms with Gasteiger partial charge >= 0.3 is 0 Å². The maximum Gasteiger partial charge on any atom is 0.262 e. The van der Waals surface area contributed by atoms with Gasteiger partial charge in [0.05, 0.1) is 36.9 Å². The van der Waals surface area contributed by atoms with Crippen molar-refractivity contribution in [1.82, 2.24) is 25.5 Å². The van der Waals surface area contributed by atoms with Crippen LogP contribution in [0.5, 0.6) is 11.5 Å². The van der Waals surface area contributed by atoms with Crippen molar-refractivity contribution in [3.05, 3.63) is 93.4 Å². The number of anilines is 2. The van der Waals surface area contributed by atoms with Gasteiger partial charge in [-0.05, 0) is 92.1 Å². The van der Waals surface area contributed by atoms with Crippen molar-refractivity contribution >= 4 is 57.4 Å². The predicted molar refractivity (Wildman–Crippen MR) is 221 cm³/mol. The number of ether oxygens (including phenoxy) is 2. The smallest absolute Gasteiger partial charge is 0.262 e. The van der Waals surface area contributed by atoms with E-state index in [1.807, 2.05) is 19.1 Å². The van der Waals surface area contributed by atoms with Crippen LogP contribution in [0.2, 0.25) is 0 Å². The van der Waals surface area contributed by atoms with Gasteiger partial charge in [0, 0.05) is 41.5 Å². The molecule has 7 rings (SSSR count). The van der Waals surface area contributed by atoms with Crippen LogP contribution in [0.25, 0.3) is 22.0 Å². The zero-order valence-corrected chi connectivity index (χ0v) is 33.4. The molecule has 4 N–H and O–H groups in total. The van der Waals surface area contributed by atoms with Crippen LogP contribution in [0.4, 0.5) is 11.5 Å². The molecule has 2 atom stereocenters. The minimum atomic E-state index is -0.969. The molecule has 1 saturated heterocycles. The molecule has 2 aliphatic rings. The molecule has 5 aromatic rings. The van der Waals surface area contributed by atoms with E-state index >= 15 is 0 Å². The summed E-state index contributed by atoms with van der Waals surface area (Å²) in [5.74, 6) is 0.667. The average Bonchev–Trinajstić information content (AvgIpc) is 3.79. The van der Waals surface area contributed by atoms with Crippen molar-refractivity contribution in [2.75, 3.05) is 37.9 Å². The minimum absolute atomic E-state index is 0.0101. The number of piperidine rings is 1. The molecular weight excluding hydrogens is 743 g/mol. The third-order valence-corrected chi connectivity index (χ3v) is 11.5. The van der Waals surface area contributed by atoms with Crippen LogP contribution in [0.3, 0.4) is 0 Å². The first-order chi connectivity index (χ1) is 27.6. The maximum absolute atomic E-state index is 13.1. The summed E-state index contributed by atoms with van der Waals surface area (Å²) in [4.78, 5) is 61.5. The van der Waals surface area contributed by atoms with Crippen LogP contribution >= 0.6 is 11.3 Å². The van der Waals surface area contributed by atoms with Gasteiger partial charge in [-0.1, -0.05) is 37.1 Å². The molecule has 0 bridgehead atoms. The van der Waals surface area contributed by atoms with E-state index < -0.39 is 29.7 Å². The number of imide groups is 2. The second-order valence-electron chi connectivity index (χ2n) is 14.3. The Bertz CT molecular complexity index is 2330. The van der Waals surface area contributed by atoms with Crippen molar-refractivity contribution in [3.63, 3.8) is 0 Å². The van der Waals surface area contributed by atoms with Crippen molar-refractivity contribution < 1.29 is 28.7 Å². The Hall–Kier alpha value is -5.86. The molecule has 1 fully saturated rings. The van der Waals surface area contributed by atoms with Gasteiger partial charge in [0.25, 0.3) is 11.8 Å². The van der Waals surface area contributed by atoms with Crippen LogP contribution in [0.1, 0.15) is 88.5 Å². The second-order valence-corrected chi connectivity index (χ2v) is 15.3. The number of carbonyl (C=O) groups excluding carboxylic acids is 4. The molecule has 57 heavy (non-hydrogen) atoms. The molecule has 1 unspecified atom stereocenters. The summed E-state index contributed by atoms with van der Waals surface area (Å²) in [5, 5.41) is 15.9. The maximum atomic E-state index is 13.1. The largest absolute Gasteiger partial charge is 0.493 e. The highest BCUT2D eigenvalue weighted by molar-refractivity contribution is 7.10. The number of fused-ring (bicyclic) bond motifs is 2. The van der Waals surface area contributed by atoms with Gasteiger partial charge in [-0.3, -0.25) is 29.4 Å². The predicted octanol–water partition coefficient (Wildman–Crippen LogP) is 7.02. The quantitative estimate of drug-likeness (QED) is 0.0566. The van der Waals surface area contributed by atoms with Crippen molar-refractivity contribution in [2.45, 2.75) is 71.0 Å². The molecule has 2 aromatic heterocycles. The molecule has 0 aliphatic carbocycles. The molecule has 0 saturated carbocycles. The Balaban J connectivity index is 0.855. The Labute approximate surface area is 335 Å². The third kappa shape index (κ3) is 8.61. The summed E-state index contributed by atoms with van der Waals surface area (Å²) in [6.45, 7) is 6.44. The lowest BCUT2D eigenvalue weighted by molar-refractivity contribution is -0.136. The Morgan fingerprint density at radius 3 is 2.42 bits per heavy atom. The number of nitrogens with one attached hydrogen (secondary N) is 4. The summed E-state index contributed by atoms with van der Waals surface area (Å²) in [6.07, 6.45) is 4.36. The van der Waals surface area contributed by atoms with Gasteiger partial charge in [-0.25, -0.2) is 9.97 Å². The first-order valence-corrected chi connectivity index (χ1v) is 20.2. The molecular formula is C43H47N7O6S. The standard InChI is InChI=1S/C43H47N7O6S/c1-25(46-40-33-21-36(55-3)37(56-4)22-34(33)47-26(2)48-40)38-19-28(24-57-38)30-12-8-7-11-27(30)23-44-17-9-5-6-10-18-45-29-13-14-31-32(20-29)43(54)50(42(31)53)35-15-16-39(51)49-41(35)52/h7-8,11-14,19-22,24-25,35,44-45H,5-6,9-10,15-18,23H2,1-4H3,(H,46,47,48)(H,49,51,52)/t25-,35?/m1/s1. The Kier molecular flexibility index (Phi) is 12.1. The van der Waals surface area contributed by atoms with E-state index in [0.29, 0.717) is 17.3 Å². The van der Waals surface area contributed by atoms with Crippen LogP contribution in [0, 0.1) is 6.92 Å². The van der Waals surface area contributed by atoms with Crippen molar-refractivity contribution in [1.29, 1.82) is 0 Å². The summed E-state index contributed by atoms with van der Waals surface area (Å²) in [7, 11) is 3.24. The molecule has 4 amide bonds. The molecule has 4 heterocycles. The number of nitrogens with zero attached hydrogens (tertiary/aromatic N) is 3. The fourth-order valence-electron chi connectivity index (χ4n) is 7.40. The first kappa shape index (κ1) is 39.4. The number of benzene rings is 3. The van der Waals surface area contributed by atoms with Gasteiger partial charge in [-0.15, -0.1) is 11.3 Å². The molecule has 0 spiro atoms. The number of hydrogen-bond acceptors (Lipinski definition) is 12. The van der Waals surface area contributed by atoms with Crippen LogP contribution in [0.15, 0.2) is 66.0 Å². The number of rotatable bonds is 17. The number of carbonyl (C=O) groups is 4. The highest BCUT2D eigenvalue weighted by Crippen LogP contribution is 2.37. The van der Waals surface area contributed by atoms with E-state index in [-0.39, 0.29) is 30.0 Å². The third-order valence-electron chi connectivity index (χ3n) is 10.4. The van der Waals surface area contributed by atoms with Gasteiger partial charge in [0.15, 0.2) is 11.5 Å². The fraction of sp³-hybridized carbons (Fsp3) is 0.349. The fourth-order valence-corrected chi connectivity index (χ4v) is 8.32. The SMILES string of the molecule is COc1cc2nc(C)nc(N[C@H](C)c3cc(-c4ccccc4CNCCCCCCNc4ccc5c(c4)C(=O)N(C4CCC(=O)NC4=O)C5=O)cs3)c2cc1OC. The lowest BCUT2D eigenvalue weighted by Crippen LogP contribution is -2.54. The van der Waals surface area contributed by atoms with Gasteiger partial charge in [-0.2, -0.15) is 0 Å².